The maximum Gasteiger partial charge on any atom is 0.266 e. The SMILES string of the molecule is O=C(CCCSc1nc2ccccc2c(=O)n1-c1ccc(Cl)cc1Cl)N1CCCCC1. The standard InChI is InChI=1S/C23H23Cl2N3O2S/c24-16-10-11-20(18(25)15-16)28-22(30)17-7-2-3-8-19(17)26-23(28)31-14-6-9-21(29)27-12-4-1-5-13-27/h2-3,7-8,10-11,15H,1,4-6,9,12-14H2. The third kappa shape index (κ3) is 5.08. The summed E-state index contributed by atoms with van der Waals surface area (Å²) in [5.41, 5.74) is 1.00. The summed E-state index contributed by atoms with van der Waals surface area (Å²) in [4.78, 5) is 32.4. The second-order valence-electron chi connectivity index (χ2n) is 7.54. The van der Waals surface area contributed by atoms with E-state index in [1.807, 2.05) is 23.1 Å². The maximum absolute atomic E-state index is 13.3. The third-order valence-corrected chi connectivity index (χ3v) is 6.93. The normalized spacial score (nSPS) is 14.2. The van der Waals surface area contributed by atoms with Crippen molar-refractivity contribution >= 4 is 51.8 Å². The molecule has 0 aliphatic carbocycles. The minimum absolute atomic E-state index is 0.179. The van der Waals surface area contributed by atoms with Crippen LogP contribution in [0.3, 0.4) is 0 Å². The van der Waals surface area contributed by atoms with Gasteiger partial charge in [-0.25, -0.2) is 4.98 Å². The molecule has 0 bridgehead atoms. The Morgan fingerprint density at radius 1 is 1.06 bits per heavy atom. The number of fused-ring (bicyclic) bond motifs is 1. The van der Waals surface area contributed by atoms with E-state index in [2.05, 4.69) is 0 Å². The highest BCUT2D eigenvalue weighted by atomic mass is 35.5. The van der Waals surface area contributed by atoms with Crippen molar-refractivity contribution in [2.24, 2.45) is 0 Å². The average molecular weight is 476 g/mol. The van der Waals surface area contributed by atoms with Gasteiger partial charge in [-0.1, -0.05) is 47.1 Å². The monoisotopic (exact) mass is 475 g/mol. The first-order valence-corrected chi connectivity index (χ1v) is 12.2. The summed E-state index contributed by atoms with van der Waals surface area (Å²) < 4.78 is 1.54. The van der Waals surface area contributed by atoms with Crippen LogP contribution in [-0.2, 0) is 4.79 Å². The summed E-state index contributed by atoms with van der Waals surface area (Å²) >= 11 is 13.9. The molecule has 8 heteroatoms. The molecule has 4 rings (SSSR count). The number of hydrogen-bond acceptors (Lipinski definition) is 4. The first-order valence-electron chi connectivity index (χ1n) is 10.4. The Hall–Kier alpha value is -2.02. The second-order valence-corrected chi connectivity index (χ2v) is 9.45. The minimum Gasteiger partial charge on any atom is -0.343 e. The van der Waals surface area contributed by atoms with Crippen molar-refractivity contribution in [3.05, 3.63) is 62.9 Å². The molecule has 2 heterocycles. The number of benzene rings is 2. The van der Waals surface area contributed by atoms with Gasteiger partial charge >= 0.3 is 0 Å². The van der Waals surface area contributed by atoms with Gasteiger partial charge in [-0.15, -0.1) is 0 Å². The zero-order valence-corrected chi connectivity index (χ0v) is 19.3. The topological polar surface area (TPSA) is 55.2 Å². The van der Waals surface area contributed by atoms with E-state index in [9.17, 15) is 9.59 Å². The Morgan fingerprint density at radius 2 is 1.84 bits per heavy atom. The van der Waals surface area contributed by atoms with Gasteiger partial charge in [0.25, 0.3) is 5.56 Å². The molecule has 1 saturated heterocycles. The van der Waals surface area contributed by atoms with Gasteiger partial charge in [0.2, 0.25) is 5.91 Å². The molecular formula is C23H23Cl2N3O2S. The zero-order valence-electron chi connectivity index (χ0n) is 17.0. The smallest absolute Gasteiger partial charge is 0.266 e. The molecule has 1 amide bonds. The van der Waals surface area contributed by atoms with E-state index in [1.165, 1.54) is 22.7 Å². The number of carbonyl (C=O) groups excluding carboxylic acids is 1. The van der Waals surface area contributed by atoms with Crippen molar-refractivity contribution < 1.29 is 4.79 Å². The quantitative estimate of drug-likeness (QED) is 0.265. The molecule has 1 aromatic heterocycles. The molecule has 0 radical (unpaired) electrons. The van der Waals surface area contributed by atoms with Gasteiger partial charge in [-0.3, -0.25) is 14.2 Å². The highest BCUT2D eigenvalue weighted by Crippen LogP contribution is 2.28. The molecule has 3 aromatic rings. The van der Waals surface area contributed by atoms with Crippen LogP contribution in [0.25, 0.3) is 16.6 Å². The van der Waals surface area contributed by atoms with E-state index in [-0.39, 0.29) is 11.5 Å². The number of piperidine rings is 1. The van der Waals surface area contributed by atoms with Crippen LogP contribution in [0.4, 0.5) is 0 Å². The number of carbonyl (C=O) groups is 1. The van der Waals surface area contributed by atoms with Crippen LogP contribution in [-0.4, -0.2) is 39.2 Å². The Balaban J connectivity index is 1.57. The van der Waals surface area contributed by atoms with E-state index in [0.29, 0.717) is 44.0 Å². The summed E-state index contributed by atoms with van der Waals surface area (Å²) in [6.07, 6.45) is 4.62. The van der Waals surface area contributed by atoms with Crippen LogP contribution in [0.2, 0.25) is 10.0 Å². The van der Waals surface area contributed by atoms with Crippen molar-refractivity contribution in [1.29, 1.82) is 0 Å². The van der Waals surface area contributed by atoms with Gasteiger partial charge in [0.05, 0.1) is 21.6 Å². The number of rotatable bonds is 6. The summed E-state index contributed by atoms with van der Waals surface area (Å²) in [6, 6.07) is 12.3. The fourth-order valence-electron chi connectivity index (χ4n) is 3.77. The lowest BCUT2D eigenvalue weighted by Gasteiger charge is -2.26. The number of para-hydroxylation sites is 1. The Kier molecular flexibility index (Phi) is 7.20. The second kappa shape index (κ2) is 10.1. The number of aromatic nitrogens is 2. The van der Waals surface area contributed by atoms with Crippen LogP contribution in [0, 0.1) is 0 Å². The van der Waals surface area contributed by atoms with E-state index >= 15 is 0 Å². The Labute approximate surface area is 195 Å². The number of likely N-dealkylation sites (tertiary alicyclic amines) is 1. The predicted molar refractivity (Wildman–Crippen MR) is 128 cm³/mol. The highest BCUT2D eigenvalue weighted by Gasteiger charge is 2.18. The maximum atomic E-state index is 13.3. The van der Waals surface area contributed by atoms with Crippen molar-refractivity contribution in [2.75, 3.05) is 18.8 Å². The van der Waals surface area contributed by atoms with Crippen LogP contribution in [0.5, 0.6) is 0 Å². The van der Waals surface area contributed by atoms with E-state index in [1.54, 1.807) is 24.3 Å². The van der Waals surface area contributed by atoms with Crippen LogP contribution in [0.1, 0.15) is 32.1 Å². The van der Waals surface area contributed by atoms with Gasteiger partial charge < -0.3 is 4.90 Å². The summed E-state index contributed by atoms with van der Waals surface area (Å²) in [5.74, 6) is 0.889. The predicted octanol–water partition coefficient (Wildman–Crippen LogP) is 5.58. The molecule has 162 valence electrons. The summed E-state index contributed by atoms with van der Waals surface area (Å²) in [7, 11) is 0. The molecular weight excluding hydrogens is 453 g/mol. The molecule has 0 atom stereocenters. The van der Waals surface area contributed by atoms with Crippen molar-refractivity contribution in [3.63, 3.8) is 0 Å². The molecule has 0 unspecified atom stereocenters. The van der Waals surface area contributed by atoms with E-state index in [0.717, 1.165) is 32.4 Å². The van der Waals surface area contributed by atoms with Crippen molar-refractivity contribution in [3.8, 4) is 5.69 Å². The van der Waals surface area contributed by atoms with Crippen LogP contribution in [0.15, 0.2) is 52.4 Å². The Bertz CT molecular complexity index is 1160. The zero-order chi connectivity index (χ0) is 21.8. The van der Waals surface area contributed by atoms with Gasteiger partial charge in [0.1, 0.15) is 0 Å². The molecule has 0 saturated carbocycles. The molecule has 0 N–H and O–H groups in total. The van der Waals surface area contributed by atoms with Gasteiger partial charge in [-0.05, 0) is 56.0 Å². The molecule has 1 fully saturated rings. The molecule has 5 nitrogen and oxygen atoms in total. The fourth-order valence-corrected chi connectivity index (χ4v) is 5.21. The van der Waals surface area contributed by atoms with Crippen LogP contribution < -0.4 is 5.56 Å². The van der Waals surface area contributed by atoms with E-state index < -0.39 is 0 Å². The van der Waals surface area contributed by atoms with Crippen molar-refractivity contribution in [2.45, 2.75) is 37.3 Å². The number of amides is 1. The fraction of sp³-hybridized carbons (Fsp3) is 0.348. The highest BCUT2D eigenvalue weighted by molar-refractivity contribution is 7.99. The lowest BCUT2D eigenvalue weighted by atomic mass is 10.1. The summed E-state index contributed by atoms with van der Waals surface area (Å²) in [6.45, 7) is 1.74. The molecule has 31 heavy (non-hydrogen) atoms. The van der Waals surface area contributed by atoms with E-state index in [4.69, 9.17) is 28.2 Å². The first-order chi connectivity index (χ1) is 15.0. The summed E-state index contributed by atoms with van der Waals surface area (Å²) in [5, 5.41) is 1.96. The number of nitrogens with zero attached hydrogens (tertiary/aromatic N) is 3. The van der Waals surface area contributed by atoms with Crippen molar-refractivity contribution in [1.82, 2.24) is 14.5 Å². The molecule has 2 aromatic carbocycles. The minimum atomic E-state index is -0.179. The third-order valence-electron chi connectivity index (χ3n) is 5.37. The van der Waals surface area contributed by atoms with Gasteiger partial charge in [0.15, 0.2) is 5.16 Å². The largest absolute Gasteiger partial charge is 0.343 e. The molecule has 0 spiro atoms. The Morgan fingerprint density at radius 3 is 2.61 bits per heavy atom. The molecule has 1 aliphatic heterocycles. The lowest BCUT2D eigenvalue weighted by molar-refractivity contribution is -0.132. The number of hydrogen-bond donors (Lipinski definition) is 0. The lowest BCUT2D eigenvalue weighted by Crippen LogP contribution is -2.35. The molecule has 1 aliphatic rings. The number of thioether (sulfide) groups is 1. The van der Waals surface area contributed by atoms with Gasteiger partial charge in [-0.2, -0.15) is 0 Å². The average Bonchev–Trinajstić information content (AvgIpc) is 2.78. The number of halogens is 2. The first kappa shape index (κ1) is 22.2. The van der Waals surface area contributed by atoms with Gasteiger partial charge in [0, 0.05) is 30.3 Å². The van der Waals surface area contributed by atoms with Crippen LogP contribution >= 0.6 is 35.0 Å².